The molecule has 0 saturated carbocycles. The first kappa shape index (κ1) is 23.8. The van der Waals surface area contributed by atoms with E-state index in [9.17, 15) is 4.79 Å². The van der Waals surface area contributed by atoms with Gasteiger partial charge >= 0.3 is 5.97 Å². The standard InChI is InChI=1S/C21H41O2S/c1-2-3-4-5-6-7-8-9-10-11-12-13-14-15-16-18-21(22)23-19-17-20-24/h2-20H2,1H3. The Morgan fingerprint density at radius 1 is 0.667 bits per heavy atom. The molecule has 0 aromatic heterocycles. The molecular weight excluding hydrogens is 316 g/mol. The lowest BCUT2D eigenvalue weighted by molar-refractivity contribution is -0.143. The minimum Gasteiger partial charge on any atom is -0.466 e. The smallest absolute Gasteiger partial charge is 0.305 e. The Bertz CT molecular complexity index is 256. The summed E-state index contributed by atoms with van der Waals surface area (Å²) in [4.78, 5) is 11.4. The highest BCUT2D eigenvalue weighted by atomic mass is 32.1. The van der Waals surface area contributed by atoms with Crippen molar-refractivity contribution in [2.75, 3.05) is 12.4 Å². The Morgan fingerprint density at radius 2 is 1.08 bits per heavy atom. The van der Waals surface area contributed by atoms with Crippen LogP contribution in [0, 0.1) is 0 Å². The molecule has 143 valence electrons. The summed E-state index contributed by atoms with van der Waals surface area (Å²) in [6.45, 7) is 2.78. The highest BCUT2D eigenvalue weighted by Crippen LogP contribution is 2.13. The van der Waals surface area contributed by atoms with Crippen LogP contribution < -0.4 is 0 Å². The van der Waals surface area contributed by atoms with Crippen molar-refractivity contribution in [2.24, 2.45) is 0 Å². The maximum Gasteiger partial charge on any atom is 0.305 e. The van der Waals surface area contributed by atoms with Crippen molar-refractivity contribution in [2.45, 2.75) is 116 Å². The Kier molecular flexibility index (Phi) is 20.7. The fourth-order valence-electron chi connectivity index (χ4n) is 2.96. The van der Waals surface area contributed by atoms with Gasteiger partial charge in [0.25, 0.3) is 0 Å². The van der Waals surface area contributed by atoms with Crippen molar-refractivity contribution in [1.29, 1.82) is 0 Å². The van der Waals surface area contributed by atoms with Crippen molar-refractivity contribution in [3.05, 3.63) is 0 Å². The monoisotopic (exact) mass is 357 g/mol. The predicted molar refractivity (Wildman–Crippen MR) is 108 cm³/mol. The number of esters is 1. The third-order valence-electron chi connectivity index (χ3n) is 4.54. The zero-order valence-electron chi connectivity index (χ0n) is 16.2. The third-order valence-corrected chi connectivity index (χ3v) is 4.82. The SMILES string of the molecule is CCCCCCCCCCCCCCCCCC(=O)OCCC[S]. The van der Waals surface area contributed by atoms with Crippen LogP contribution in [0.1, 0.15) is 116 Å². The Labute approximate surface area is 156 Å². The Morgan fingerprint density at radius 3 is 1.50 bits per heavy atom. The highest BCUT2D eigenvalue weighted by molar-refractivity contribution is 7.80. The molecule has 24 heavy (non-hydrogen) atoms. The normalized spacial score (nSPS) is 10.9. The van der Waals surface area contributed by atoms with Crippen molar-refractivity contribution in [1.82, 2.24) is 0 Å². The molecule has 0 aromatic carbocycles. The van der Waals surface area contributed by atoms with Gasteiger partial charge in [-0.05, 0) is 12.8 Å². The second-order valence-corrected chi connectivity index (χ2v) is 7.39. The van der Waals surface area contributed by atoms with Gasteiger partial charge in [-0.1, -0.05) is 109 Å². The van der Waals surface area contributed by atoms with E-state index in [0.29, 0.717) is 18.8 Å². The lowest BCUT2D eigenvalue weighted by Gasteiger charge is -2.04. The van der Waals surface area contributed by atoms with Crippen LogP contribution in [-0.2, 0) is 9.53 Å². The summed E-state index contributed by atoms with van der Waals surface area (Å²) >= 11 is 4.82. The predicted octanol–water partition coefficient (Wildman–Crippen LogP) is 7.38. The Hall–Kier alpha value is -0.180. The molecule has 2 nitrogen and oxygen atoms in total. The lowest BCUT2D eigenvalue weighted by atomic mass is 10.0. The number of rotatable bonds is 19. The van der Waals surface area contributed by atoms with Gasteiger partial charge in [-0.25, -0.2) is 0 Å². The molecule has 0 heterocycles. The van der Waals surface area contributed by atoms with Crippen LogP contribution in [0.15, 0.2) is 0 Å². The molecule has 0 fully saturated rings. The van der Waals surface area contributed by atoms with Gasteiger partial charge < -0.3 is 4.74 Å². The summed E-state index contributed by atoms with van der Waals surface area (Å²) < 4.78 is 5.10. The molecule has 0 aliphatic rings. The molecule has 0 aliphatic carbocycles. The maximum atomic E-state index is 11.4. The zero-order chi connectivity index (χ0) is 17.7. The van der Waals surface area contributed by atoms with E-state index in [-0.39, 0.29) is 5.97 Å². The Balaban J connectivity index is 3.06. The van der Waals surface area contributed by atoms with Crippen LogP contribution in [0.4, 0.5) is 0 Å². The van der Waals surface area contributed by atoms with Gasteiger partial charge in [0.05, 0.1) is 6.61 Å². The van der Waals surface area contributed by atoms with Crippen molar-refractivity contribution < 1.29 is 9.53 Å². The molecule has 0 rings (SSSR count). The highest BCUT2D eigenvalue weighted by Gasteiger charge is 2.02. The quantitative estimate of drug-likeness (QED) is 0.178. The summed E-state index contributed by atoms with van der Waals surface area (Å²) in [5, 5.41) is 0. The van der Waals surface area contributed by atoms with E-state index in [1.807, 2.05) is 0 Å². The largest absolute Gasteiger partial charge is 0.466 e. The van der Waals surface area contributed by atoms with Crippen LogP contribution in [-0.4, -0.2) is 18.3 Å². The second kappa shape index (κ2) is 20.9. The second-order valence-electron chi connectivity index (χ2n) is 6.98. The topological polar surface area (TPSA) is 26.3 Å². The number of carbonyl (C=O) groups excluding carboxylic acids is 1. The van der Waals surface area contributed by atoms with Crippen LogP contribution >= 0.6 is 12.6 Å². The van der Waals surface area contributed by atoms with E-state index in [2.05, 4.69) is 6.92 Å². The van der Waals surface area contributed by atoms with Crippen molar-refractivity contribution >= 4 is 18.6 Å². The van der Waals surface area contributed by atoms with E-state index >= 15 is 0 Å². The lowest BCUT2D eigenvalue weighted by Crippen LogP contribution is -2.05. The minimum absolute atomic E-state index is 0.0480. The van der Waals surface area contributed by atoms with Crippen LogP contribution in [0.25, 0.3) is 0 Å². The fourth-order valence-corrected chi connectivity index (χ4v) is 3.08. The number of unbranched alkanes of at least 4 members (excludes halogenated alkanes) is 14. The number of ether oxygens (including phenoxy) is 1. The number of hydrogen-bond acceptors (Lipinski definition) is 2. The molecule has 3 heteroatoms. The molecule has 0 bridgehead atoms. The van der Waals surface area contributed by atoms with Gasteiger partial charge in [0.1, 0.15) is 0 Å². The van der Waals surface area contributed by atoms with Gasteiger partial charge in [-0.3, -0.25) is 4.79 Å². The molecule has 1 radical (unpaired) electrons. The average Bonchev–Trinajstić information content (AvgIpc) is 2.58. The van der Waals surface area contributed by atoms with Gasteiger partial charge in [0.2, 0.25) is 0 Å². The molecular formula is C21H41O2S. The van der Waals surface area contributed by atoms with E-state index in [4.69, 9.17) is 17.4 Å². The van der Waals surface area contributed by atoms with Gasteiger partial charge in [0.15, 0.2) is 0 Å². The van der Waals surface area contributed by atoms with Crippen LogP contribution in [0.3, 0.4) is 0 Å². The molecule has 0 N–H and O–H groups in total. The van der Waals surface area contributed by atoms with Crippen LogP contribution in [0.5, 0.6) is 0 Å². The molecule has 0 aliphatic heterocycles. The number of hydrogen-bond donors (Lipinski definition) is 0. The average molecular weight is 358 g/mol. The molecule has 0 amide bonds. The summed E-state index contributed by atoms with van der Waals surface area (Å²) in [7, 11) is 0. The first-order valence-corrected chi connectivity index (χ1v) is 11.1. The summed E-state index contributed by atoms with van der Waals surface area (Å²) in [5.41, 5.74) is 0. The van der Waals surface area contributed by atoms with Gasteiger partial charge in [0, 0.05) is 12.2 Å². The summed E-state index contributed by atoms with van der Waals surface area (Å²) in [6, 6.07) is 0. The molecule has 0 aromatic rings. The van der Waals surface area contributed by atoms with E-state index in [1.165, 1.54) is 83.5 Å². The summed E-state index contributed by atoms with van der Waals surface area (Å²) in [6.07, 6.45) is 21.6. The molecule has 0 atom stereocenters. The van der Waals surface area contributed by atoms with E-state index in [1.54, 1.807) is 0 Å². The molecule has 0 saturated heterocycles. The van der Waals surface area contributed by atoms with E-state index < -0.39 is 0 Å². The first-order chi connectivity index (χ1) is 11.8. The molecule has 0 unspecified atom stereocenters. The first-order valence-electron chi connectivity index (χ1n) is 10.5. The zero-order valence-corrected chi connectivity index (χ0v) is 17.0. The van der Waals surface area contributed by atoms with Gasteiger partial charge in [-0.2, -0.15) is 0 Å². The third kappa shape index (κ3) is 19.9. The summed E-state index contributed by atoms with van der Waals surface area (Å²) in [5.74, 6) is 0.625. The minimum atomic E-state index is -0.0480. The van der Waals surface area contributed by atoms with E-state index in [0.717, 1.165) is 19.3 Å². The van der Waals surface area contributed by atoms with Crippen molar-refractivity contribution in [3.8, 4) is 0 Å². The van der Waals surface area contributed by atoms with Gasteiger partial charge in [-0.15, -0.1) is 0 Å². The number of carbonyl (C=O) groups is 1. The fraction of sp³-hybridized carbons (Fsp3) is 0.952. The van der Waals surface area contributed by atoms with Crippen LogP contribution in [0.2, 0.25) is 0 Å². The molecule has 0 spiro atoms. The maximum absolute atomic E-state index is 11.4. The van der Waals surface area contributed by atoms with Crippen molar-refractivity contribution in [3.63, 3.8) is 0 Å².